The second-order valence-electron chi connectivity index (χ2n) is 6.40. The number of nitrogens with two attached hydrogens (primary N) is 1. The summed E-state index contributed by atoms with van der Waals surface area (Å²) in [6.07, 6.45) is 6.06. The Hall–Kier alpha value is -1.81. The van der Waals surface area contributed by atoms with Crippen LogP contribution in [0.1, 0.15) is 31.7 Å². The summed E-state index contributed by atoms with van der Waals surface area (Å²) < 4.78 is 0. The van der Waals surface area contributed by atoms with Crippen LogP contribution in [0.4, 0.5) is 0 Å². The standard InChI is InChI=1S/C18H25N3O/c1-2-9-21(12-13-7-8-13)18(22)16(19)10-14-11-20-17-6-4-3-5-15(14)17/h3-6,11,13,16,20H,2,7-10,12,19H2,1H3/t16-/m0/s1. The summed E-state index contributed by atoms with van der Waals surface area (Å²) in [5.41, 5.74) is 8.44. The maximum absolute atomic E-state index is 12.6. The summed E-state index contributed by atoms with van der Waals surface area (Å²) >= 11 is 0. The van der Waals surface area contributed by atoms with E-state index in [0.29, 0.717) is 12.3 Å². The molecule has 1 amide bonds. The summed E-state index contributed by atoms with van der Waals surface area (Å²) in [6, 6.07) is 7.69. The topological polar surface area (TPSA) is 62.1 Å². The number of amides is 1. The fourth-order valence-corrected chi connectivity index (χ4v) is 3.03. The normalized spacial score (nSPS) is 15.9. The lowest BCUT2D eigenvalue weighted by Gasteiger charge is -2.25. The fraction of sp³-hybridized carbons (Fsp3) is 0.500. The van der Waals surface area contributed by atoms with Crippen molar-refractivity contribution < 1.29 is 4.79 Å². The van der Waals surface area contributed by atoms with Gasteiger partial charge in [0, 0.05) is 30.2 Å². The molecule has 1 aromatic heterocycles. The number of fused-ring (bicyclic) bond motifs is 1. The summed E-state index contributed by atoms with van der Waals surface area (Å²) in [6.45, 7) is 3.81. The molecule has 0 bridgehead atoms. The number of hydrogen-bond donors (Lipinski definition) is 2. The average molecular weight is 299 g/mol. The molecule has 0 aliphatic heterocycles. The molecule has 118 valence electrons. The molecule has 0 radical (unpaired) electrons. The van der Waals surface area contributed by atoms with Crippen molar-refractivity contribution in [1.29, 1.82) is 0 Å². The molecule has 2 aromatic rings. The second kappa shape index (κ2) is 6.53. The Morgan fingerprint density at radius 2 is 2.18 bits per heavy atom. The highest BCUT2D eigenvalue weighted by atomic mass is 16.2. The lowest BCUT2D eigenvalue weighted by Crippen LogP contribution is -2.46. The lowest BCUT2D eigenvalue weighted by atomic mass is 10.0. The van der Waals surface area contributed by atoms with E-state index in [1.807, 2.05) is 29.3 Å². The van der Waals surface area contributed by atoms with E-state index in [1.165, 1.54) is 12.8 Å². The van der Waals surface area contributed by atoms with Gasteiger partial charge in [-0.2, -0.15) is 0 Å². The van der Waals surface area contributed by atoms with E-state index in [0.717, 1.165) is 36.0 Å². The van der Waals surface area contributed by atoms with Gasteiger partial charge in [-0.15, -0.1) is 0 Å². The third-order valence-electron chi connectivity index (χ3n) is 4.41. The van der Waals surface area contributed by atoms with Crippen LogP contribution in [0.15, 0.2) is 30.5 Å². The molecule has 3 rings (SSSR count). The van der Waals surface area contributed by atoms with E-state index in [1.54, 1.807) is 0 Å². The SMILES string of the molecule is CCCN(CC1CC1)C(=O)[C@@H](N)Cc1c[nH]c2ccccc12. The second-order valence-corrected chi connectivity index (χ2v) is 6.40. The Morgan fingerprint density at radius 3 is 2.91 bits per heavy atom. The van der Waals surface area contributed by atoms with Crippen molar-refractivity contribution in [1.82, 2.24) is 9.88 Å². The fourth-order valence-electron chi connectivity index (χ4n) is 3.03. The van der Waals surface area contributed by atoms with Crippen LogP contribution in [0.3, 0.4) is 0 Å². The van der Waals surface area contributed by atoms with Gasteiger partial charge in [0.25, 0.3) is 0 Å². The molecule has 1 fully saturated rings. The van der Waals surface area contributed by atoms with Gasteiger partial charge in [0.1, 0.15) is 0 Å². The number of nitrogens with zero attached hydrogens (tertiary/aromatic N) is 1. The number of aromatic amines is 1. The summed E-state index contributed by atoms with van der Waals surface area (Å²) in [4.78, 5) is 17.9. The number of para-hydroxylation sites is 1. The van der Waals surface area contributed by atoms with Crippen LogP contribution >= 0.6 is 0 Å². The van der Waals surface area contributed by atoms with E-state index in [9.17, 15) is 4.79 Å². The highest BCUT2D eigenvalue weighted by Gasteiger charge is 2.28. The number of aromatic nitrogens is 1. The number of rotatable bonds is 7. The average Bonchev–Trinajstić information content (AvgIpc) is 3.26. The van der Waals surface area contributed by atoms with Gasteiger partial charge in [0.2, 0.25) is 5.91 Å². The number of carbonyl (C=O) groups excluding carboxylic acids is 1. The van der Waals surface area contributed by atoms with Gasteiger partial charge in [-0.3, -0.25) is 4.79 Å². The van der Waals surface area contributed by atoms with Gasteiger partial charge in [-0.25, -0.2) is 0 Å². The molecule has 1 saturated carbocycles. The number of hydrogen-bond acceptors (Lipinski definition) is 2. The van der Waals surface area contributed by atoms with E-state index < -0.39 is 6.04 Å². The lowest BCUT2D eigenvalue weighted by molar-refractivity contribution is -0.132. The van der Waals surface area contributed by atoms with Crippen molar-refractivity contribution in [2.45, 2.75) is 38.6 Å². The third-order valence-corrected chi connectivity index (χ3v) is 4.41. The predicted molar refractivity (Wildman–Crippen MR) is 89.6 cm³/mol. The predicted octanol–water partition coefficient (Wildman–Crippen LogP) is 2.69. The van der Waals surface area contributed by atoms with Crippen molar-refractivity contribution in [3.8, 4) is 0 Å². The number of carbonyl (C=O) groups is 1. The maximum Gasteiger partial charge on any atom is 0.239 e. The van der Waals surface area contributed by atoms with Crippen LogP contribution in [0.5, 0.6) is 0 Å². The minimum atomic E-state index is -0.454. The molecule has 0 spiro atoms. The molecule has 4 heteroatoms. The van der Waals surface area contributed by atoms with Crippen LogP contribution in [0, 0.1) is 5.92 Å². The van der Waals surface area contributed by atoms with Crippen LogP contribution in [0.2, 0.25) is 0 Å². The smallest absolute Gasteiger partial charge is 0.239 e. The maximum atomic E-state index is 12.6. The monoisotopic (exact) mass is 299 g/mol. The molecular weight excluding hydrogens is 274 g/mol. The Balaban J connectivity index is 1.69. The largest absolute Gasteiger partial charge is 0.361 e. The van der Waals surface area contributed by atoms with Crippen molar-refractivity contribution >= 4 is 16.8 Å². The molecule has 22 heavy (non-hydrogen) atoms. The van der Waals surface area contributed by atoms with Crippen LogP contribution in [0.25, 0.3) is 10.9 Å². The first-order valence-electron chi connectivity index (χ1n) is 8.28. The first-order valence-corrected chi connectivity index (χ1v) is 8.28. The quantitative estimate of drug-likeness (QED) is 0.825. The van der Waals surface area contributed by atoms with Gasteiger partial charge in [-0.1, -0.05) is 25.1 Å². The summed E-state index contributed by atoms with van der Waals surface area (Å²) in [5.74, 6) is 0.801. The molecule has 3 N–H and O–H groups in total. The number of nitrogens with one attached hydrogen (secondary N) is 1. The van der Waals surface area contributed by atoms with Crippen molar-refractivity contribution in [2.75, 3.05) is 13.1 Å². The van der Waals surface area contributed by atoms with Gasteiger partial charge in [0.05, 0.1) is 6.04 Å². The Kier molecular flexibility index (Phi) is 4.48. The van der Waals surface area contributed by atoms with Crippen LogP contribution < -0.4 is 5.73 Å². The van der Waals surface area contributed by atoms with Gasteiger partial charge in [-0.05, 0) is 43.2 Å². The first-order chi connectivity index (χ1) is 10.7. The molecule has 1 heterocycles. The van der Waals surface area contributed by atoms with E-state index in [-0.39, 0.29) is 5.91 Å². The molecule has 0 saturated heterocycles. The Morgan fingerprint density at radius 1 is 1.41 bits per heavy atom. The molecule has 1 aromatic carbocycles. The van der Waals surface area contributed by atoms with Gasteiger partial charge < -0.3 is 15.6 Å². The van der Waals surface area contributed by atoms with Crippen molar-refractivity contribution in [3.05, 3.63) is 36.0 Å². The molecule has 0 unspecified atom stereocenters. The minimum Gasteiger partial charge on any atom is -0.361 e. The van der Waals surface area contributed by atoms with Crippen LogP contribution in [-0.4, -0.2) is 34.9 Å². The summed E-state index contributed by atoms with van der Waals surface area (Å²) in [5, 5.41) is 1.16. The summed E-state index contributed by atoms with van der Waals surface area (Å²) in [7, 11) is 0. The zero-order valence-electron chi connectivity index (χ0n) is 13.2. The third kappa shape index (κ3) is 3.33. The number of benzene rings is 1. The Bertz CT molecular complexity index is 645. The zero-order valence-corrected chi connectivity index (χ0v) is 13.2. The Labute approximate surface area is 131 Å². The van der Waals surface area contributed by atoms with E-state index in [2.05, 4.69) is 18.0 Å². The zero-order chi connectivity index (χ0) is 15.5. The molecule has 1 aliphatic rings. The van der Waals surface area contributed by atoms with Gasteiger partial charge in [0.15, 0.2) is 0 Å². The van der Waals surface area contributed by atoms with E-state index in [4.69, 9.17) is 5.73 Å². The molecular formula is C18H25N3O. The molecule has 1 atom stereocenters. The van der Waals surface area contributed by atoms with E-state index >= 15 is 0 Å². The van der Waals surface area contributed by atoms with Crippen molar-refractivity contribution in [3.63, 3.8) is 0 Å². The molecule has 1 aliphatic carbocycles. The highest BCUT2D eigenvalue weighted by Crippen LogP contribution is 2.30. The minimum absolute atomic E-state index is 0.0963. The highest BCUT2D eigenvalue weighted by molar-refractivity contribution is 5.86. The van der Waals surface area contributed by atoms with Crippen molar-refractivity contribution in [2.24, 2.45) is 11.7 Å². The molecule has 4 nitrogen and oxygen atoms in total. The van der Waals surface area contributed by atoms with Gasteiger partial charge >= 0.3 is 0 Å². The first kappa shape index (κ1) is 15.1. The number of H-pyrrole nitrogens is 1. The van der Waals surface area contributed by atoms with Crippen LogP contribution in [-0.2, 0) is 11.2 Å².